The van der Waals surface area contributed by atoms with Gasteiger partial charge in [-0.1, -0.05) is 19.3 Å². The Bertz CT molecular complexity index is 250. The van der Waals surface area contributed by atoms with Gasteiger partial charge in [0.05, 0.1) is 11.7 Å². The van der Waals surface area contributed by atoms with Gasteiger partial charge in [-0.05, 0) is 38.8 Å². The molecule has 3 aliphatic rings. The Morgan fingerprint density at radius 1 is 1.00 bits per heavy atom. The maximum atomic E-state index is 5.91. The fraction of sp³-hybridized carbons (Fsp3) is 1.00. The van der Waals surface area contributed by atoms with E-state index in [2.05, 4.69) is 4.90 Å². The molecule has 0 N–H and O–H groups in total. The molecule has 3 nitrogen and oxygen atoms in total. The van der Waals surface area contributed by atoms with Crippen molar-refractivity contribution in [3.63, 3.8) is 0 Å². The van der Waals surface area contributed by atoms with E-state index in [0.717, 1.165) is 13.0 Å². The van der Waals surface area contributed by atoms with Crippen molar-refractivity contribution in [1.82, 2.24) is 4.90 Å². The molecule has 0 radical (unpaired) electrons. The van der Waals surface area contributed by atoms with Crippen molar-refractivity contribution >= 4 is 12.4 Å². The molecular formula is C14H26ClNO2. The van der Waals surface area contributed by atoms with Gasteiger partial charge < -0.3 is 14.4 Å². The number of hydrogen-bond donors (Lipinski definition) is 0. The average molecular weight is 276 g/mol. The van der Waals surface area contributed by atoms with E-state index in [9.17, 15) is 0 Å². The van der Waals surface area contributed by atoms with Crippen LogP contribution in [0.5, 0.6) is 0 Å². The summed E-state index contributed by atoms with van der Waals surface area (Å²) in [6, 6.07) is 0. The van der Waals surface area contributed by atoms with Gasteiger partial charge in [-0.25, -0.2) is 0 Å². The second-order valence-electron chi connectivity index (χ2n) is 6.01. The Hall–Kier alpha value is 0.170. The van der Waals surface area contributed by atoms with Crippen LogP contribution in [0, 0.1) is 0 Å². The number of ether oxygens (including phenoxy) is 2. The fourth-order valence-corrected chi connectivity index (χ4v) is 3.70. The van der Waals surface area contributed by atoms with Gasteiger partial charge in [0.1, 0.15) is 6.79 Å². The molecule has 1 saturated carbocycles. The van der Waals surface area contributed by atoms with Crippen molar-refractivity contribution in [2.75, 3.05) is 26.4 Å². The van der Waals surface area contributed by atoms with Crippen molar-refractivity contribution in [1.29, 1.82) is 0 Å². The van der Waals surface area contributed by atoms with E-state index in [1.54, 1.807) is 0 Å². The maximum Gasteiger partial charge on any atom is 0.147 e. The molecule has 0 aromatic rings. The lowest BCUT2D eigenvalue weighted by Gasteiger charge is -2.40. The molecule has 18 heavy (non-hydrogen) atoms. The third-order valence-electron chi connectivity index (χ3n) is 4.69. The van der Waals surface area contributed by atoms with Crippen molar-refractivity contribution in [3.05, 3.63) is 0 Å². The highest BCUT2D eigenvalue weighted by Crippen LogP contribution is 2.39. The van der Waals surface area contributed by atoms with Crippen LogP contribution in [0.1, 0.15) is 51.4 Å². The number of nitrogens with zero attached hydrogens (tertiary/aromatic N) is 1. The Morgan fingerprint density at radius 3 is 2.44 bits per heavy atom. The molecule has 0 aromatic carbocycles. The van der Waals surface area contributed by atoms with E-state index in [1.807, 2.05) is 0 Å². The van der Waals surface area contributed by atoms with Crippen LogP contribution < -0.4 is 0 Å². The zero-order chi connectivity index (χ0) is 11.6. The van der Waals surface area contributed by atoms with E-state index in [4.69, 9.17) is 9.47 Å². The first-order valence-electron chi connectivity index (χ1n) is 7.34. The van der Waals surface area contributed by atoms with Gasteiger partial charge in [0.2, 0.25) is 0 Å². The van der Waals surface area contributed by atoms with E-state index in [-0.39, 0.29) is 18.0 Å². The summed E-state index contributed by atoms with van der Waals surface area (Å²) in [4.78, 5) is 2.59. The lowest BCUT2D eigenvalue weighted by atomic mass is 9.92. The van der Waals surface area contributed by atoms with Crippen LogP contribution >= 0.6 is 12.4 Å². The molecule has 0 amide bonds. The van der Waals surface area contributed by atoms with E-state index in [1.165, 1.54) is 58.0 Å². The molecule has 1 atom stereocenters. The SMILES string of the molecule is C1CCN(CC2CC3(CCCC3)OCO2)CC1.Cl. The lowest BCUT2D eigenvalue weighted by Crippen LogP contribution is -2.46. The van der Waals surface area contributed by atoms with Gasteiger partial charge in [-0.2, -0.15) is 0 Å². The van der Waals surface area contributed by atoms with Crippen molar-refractivity contribution < 1.29 is 9.47 Å². The minimum Gasteiger partial charge on any atom is -0.351 e. The summed E-state index contributed by atoms with van der Waals surface area (Å²) in [5.41, 5.74) is 0.193. The lowest BCUT2D eigenvalue weighted by molar-refractivity contribution is -0.223. The zero-order valence-electron chi connectivity index (χ0n) is 11.2. The summed E-state index contributed by atoms with van der Waals surface area (Å²) >= 11 is 0. The minimum absolute atomic E-state index is 0. The average Bonchev–Trinajstić information content (AvgIpc) is 2.79. The Kier molecular flexibility index (Phi) is 5.31. The third kappa shape index (κ3) is 3.38. The molecule has 2 saturated heterocycles. The standard InChI is InChI=1S/C14H25NO2.ClH/c1-4-8-15(9-5-1)11-13-10-14(17-12-16-13)6-2-3-7-14;/h13H,1-12H2;1H. The Balaban J connectivity index is 0.00000120. The normalized spacial score (nSPS) is 32.3. The quantitative estimate of drug-likeness (QED) is 0.773. The molecular weight excluding hydrogens is 250 g/mol. The summed E-state index contributed by atoms with van der Waals surface area (Å²) in [6.45, 7) is 4.20. The molecule has 1 aliphatic carbocycles. The highest BCUT2D eigenvalue weighted by atomic mass is 35.5. The van der Waals surface area contributed by atoms with Crippen LogP contribution in [-0.2, 0) is 9.47 Å². The Labute approximate surface area is 117 Å². The summed E-state index contributed by atoms with van der Waals surface area (Å²) in [5.74, 6) is 0. The molecule has 1 spiro atoms. The summed E-state index contributed by atoms with van der Waals surface area (Å²) in [5, 5.41) is 0. The molecule has 0 aromatic heterocycles. The third-order valence-corrected chi connectivity index (χ3v) is 4.69. The van der Waals surface area contributed by atoms with Gasteiger partial charge in [0, 0.05) is 13.0 Å². The van der Waals surface area contributed by atoms with Crippen molar-refractivity contribution in [2.45, 2.75) is 63.1 Å². The van der Waals surface area contributed by atoms with Crippen LogP contribution in [0.4, 0.5) is 0 Å². The van der Waals surface area contributed by atoms with Gasteiger partial charge >= 0.3 is 0 Å². The van der Waals surface area contributed by atoms with E-state index in [0.29, 0.717) is 12.9 Å². The van der Waals surface area contributed by atoms with Gasteiger partial charge in [-0.3, -0.25) is 0 Å². The largest absolute Gasteiger partial charge is 0.351 e. The highest BCUT2D eigenvalue weighted by Gasteiger charge is 2.40. The second kappa shape index (κ2) is 6.56. The number of halogens is 1. The first-order valence-corrected chi connectivity index (χ1v) is 7.34. The van der Waals surface area contributed by atoms with E-state index >= 15 is 0 Å². The molecule has 3 rings (SSSR count). The second-order valence-corrected chi connectivity index (χ2v) is 6.01. The molecule has 3 fully saturated rings. The van der Waals surface area contributed by atoms with Gasteiger partial charge in [-0.15, -0.1) is 12.4 Å². The predicted octanol–water partition coefficient (Wildman–Crippen LogP) is 2.97. The monoisotopic (exact) mass is 275 g/mol. The zero-order valence-corrected chi connectivity index (χ0v) is 12.1. The number of piperidine rings is 1. The predicted molar refractivity (Wildman–Crippen MR) is 74.2 cm³/mol. The molecule has 2 heterocycles. The fourth-order valence-electron chi connectivity index (χ4n) is 3.70. The smallest absolute Gasteiger partial charge is 0.147 e. The van der Waals surface area contributed by atoms with Crippen LogP contribution in [0.15, 0.2) is 0 Å². The Morgan fingerprint density at radius 2 is 1.72 bits per heavy atom. The van der Waals surface area contributed by atoms with Gasteiger partial charge in [0.25, 0.3) is 0 Å². The van der Waals surface area contributed by atoms with Crippen LogP contribution in [0.3, 0.4) is 0 Å². The molecule has 0 bridgehead atoms. The minimum atomic E-state index is 0. The summed E-state index contributed by atoms with van der Waals surface area (Å²) in [7, 11) is 0. The van der Waals surface area contributed by atoms with E-state index < -0.39 is 0 Å². The first-order chi connectivity index (χ1) is 8.36. The number of likely N-dealkylation sites (tertiary alicyclic amines) is 1. The maximum absolute atomic E-state index is 5.91. The number of rotatable bonds is 2. The molecule has 2 aliphatic heterocycles. The van der Waals surface area contributed by atoms with Crippen LogP contribution in [0.2, 0.25) is 0 Å². The highest BCUT2D eigenvalue weighted by molar-refractivity contribution is 5.85. The van der Waals surface area contributed by atoms with Crippen LogP contribution in [-0.4, -0.2) is 43.0 Å². The number of hydrogen-bond acceptors (Lipinski definition) is 3. The van der Waals surface area contributed by atoms with Crippen LogP contribution in [0.25, 0.3) is 0 Å². The summed E-state index contributed by atoms with van der Waals surface area (Å²) < 4.78 is 11.7. The molecule has 4 heteroatoms. The van der Waals surface area contributed by atoms with Crippen molar-refractivity contribution in [2.24, 2.45) is 0 Å². The molecule has 1 unspecified atom stereocenters. The van der Waals surface area contributed by atoms with Gasteiger partial charge in [0.15, 0.2) is 0 Å². The first kappa shape index (κ1) is 14.6. The summed E-state index contributed by atoms with van der Waals surface area (Å²) in [6.07, 6.45) is 10.9. The topological polar surface area (TPSA) is 21.7 Å². The van der Waals surface area contributed by atoms with Crippen molar-refractivity contribution in [3.8, 4) is 0 Å². The molecule has 106 valence electrons.